The first-order valence-corrected chi connectivity index (χ1v) is 9.60. The number of carbonyl (C=O) groups excluding carboxylic acids is 1. The number of carbonyl (C=O) groups is 1. The average molecular weight is 356 g/mol. The lowest BCUT2D eigenvalue weighted by Gasteiger charge is -2.55. The van der Waals surface area contributed by atoms with Crippen LogP contribution in [-0.2, 0) is 4.79 Å². The smallest absolute Gasteiger partial charge is 0.246 e. The molecule has 4 saturated carbocycles. The highest BCUT2D eigenvalue weighted by molar-refractivity contribution is 6.00. The molecule has 4 aliphatic rings. The Morgan fingerprint density at radius 3 is 2.15 bits per heavy atom. The molecule has 5 rings (SSSR count). The maximum absolute atomic E-state index is 13.0. The normalized spacial score (nSPS) is 32.4. The van der Waals surface area contributed by atoms with Gasteiger partial charge in [0.05, 0.1) is 25.3 Å². The van der Waals surface area contributed by atoms with Crippen molar-refractivity contribution < 1.29 is 14.3 Å². The van der Waals surface area contributed by atoms with Crippen molar-refractivity contribution in [1.82, 2.24) is 5.43 Å². The van der Waals surface area contributed by atoms with Gasteiger partial charge in [0.1, 0.15) is 0 Å². The van der Waals surface area contributed by atoms with Gasteiger partial charge in [-0.05, 0) is 81.4 Å². The summed E-state index contributed by atoms with van der Waals surface area (Å²) in [7, 11) is 3.23. The molecular weight excluding hydrogens is 328 g/mol. The van der Waals surface area contributed by atoms with Gasteiger partial charge in [-0.1, -0.05) is 0 Å². The second-order valence-corrected chi connectivity index (χ2v) is 8.41. The number of hydrogen-bond acceptors (Lipinski definition) is 4. The number of benzene rings is 1. The molecule has 4 fully saturated rings. The summed E-state index contributed by atoms with van der Waals surface area (Å²) < 4.78 is 10.6. The fraction of sp³-hybridized carbons (Fsp3) is 0.619. The average Bonchev–Trinajstić information content (AvgIpc) is 2.64. The van der Waals surface area contributed by atoms with Crippen LogP contribution in [0.2, 0.25) is 0 Å². The van der Waals surface area contributed by atoms with Gasteiger partial charge in [0.15, 0.2) is 11.5 Å². The Labute approximate surface area is 155 Å². The summed E-state index contributed by atoms with van der Waals surface area (Å²) in [6.45, 7) is 1.90. The largest absolute Gasteiger partial charge is 0.493 e. The molecule has 0 unspecified atom stereocenters. The van der Waals surface area contributed by atoms with Crippen LogP contribution >= 0.6 is 0 Å². The van der Waals surface area contributed by atoms with Crippen molar-refractivity contribution in [2.24, 2.45) is 28.3 Å². The number of nitrogens with one attached hydrogen (secondary N) is 1. The van der Waals surface area contributed by atoms with E-state index < -0.39 is 0 Å². The van der Waals surface area contributed by atoms with Crippen LogP contribution in [0.3, 0.4) is 0 Å². The first kappa shape index (κ1) is 17.4. The maximum Gasteiger partial charge on any atom is 0.246 e. The molecule has 0 aliphatic heterocycles. The number of methoxy groups -OCH3 is 2. The third-order valence-electron chi connectivity index (χ3n) is 6.65. The molecule has 5 nitrogen and oxygen atoms in total. The summed E-state index contributed by atoms with van der Waals surface area (Å²) in [5.41, 5.74) is 4.39. The molecule has 1 aromatic carbocycles. The minimum Gasteiger partial charge on any atom is -0.493 e. The van der Waals surface area contributed by atoms with Crippen LogP contribution in [-0.4, -0.2) is 25.8 Å². The van der Waals surface area contributed by atoms with E-state index in [0.717, 1.165) is 48.3 Å². The standard InChI is InChI=1S/C21H28N2O3/c1-13(17-4-5-18(25-2)19(9-17)26-3)22-23-20(24)21-10-14-6-15(11-21)8-16(7-14)12-21/h4-5,9,14-16H,6-8,10-12H2,1-3H3,(H,23,24)/b22-13-. The van der Waals surface area contributed by atoms with E-state index in [1.54, 1.807) is 14.2 Å². The van der Waals surface area contributed by atoms with E-state index in [2.05, 4.69) is 10.5 Å². The molecule has 140 valence electrons. The van der Waals surface area contributed by atoms with Crippen LogP contribution in [0.25, 0.3) is 0 Å². The summed E-state index contributed by atoms with van der Waals surface area (Å²) in [6, 6.07) is 5.67. The van der Waals surface area contributed by atoms with Gasteiger partial charge < -0.3 is 9.47 Å². The molecule has 1 amide bonds. The van der Waals surface area contributed by atoms with E-state index in [0.29, 0.717) is 11.5 Å². The molecular formula is C21H28N2O3. The molecule has 0 saturated heterocycles. The topological polar surface area (TPSA) is 59.9 Å². The molecule has 4 aliphatic carbocycles. The van der Waals surface area contributed by atoms with Crippen molar-refractivity contribution in [3.8, 4) is 11.5 Å². The highest BCUT2D eigenvalue weighted by atomic mass is 16.5. The van der Waals surface area contributed by atoms with E-state index in [-0.39, 0.29) is 11.3 Å². The van der Waals surface area contributed by atoms with Crippen molar-refractivity contribution in [3.63, 3.8) is 0 Å². The van der Waals surface area contributed by atoms with Gasteiger partial charge in [-0.2, -0.15) is 5.10 Å². The van der Waals surface area contributed by atoms with Gasteiger partial charge in [0.2, 0.25) is 5.91 Å². The van der Waals surface area contributed by atoms with Gasteiger partial charge >= 0.3 is 0 Å². The Balaban J connectivity index is 1.48. The van der Waals surface area contributed by atoms with Gasteiger partial charge in [-0.15, -0.1) is 0 Å². The lowest BCUT2D eigenvalue weighted by Crippen LogP contribution is -2.52. The molecule has 0 spiro atoms. The fourth-order valence-electron chi connectivity index (χ4n) is 5.77. The Morgan fingerprint density at radius 1 is 1.04 bits per heavy atom. The lowest BCUT2D eigenvalue weighted by atomic mass is 9.49. The van der Waals surface area contributed by atoms with Crippen molar-refractivity contribution in [2.45, 2.75) is 45.4 Å². The van der Waals surface area contributed by atoms with Crippen LogP contribution in [0.4, 0.5) is 0 Å². The zero-order valence-electron chi connectivity index (χ0n) is 15.9. The molecule has 26 heavy (non-hydrogen) atoms. The van der Waals surface area contributed by atoms with Crippen LogP contribution in [0.15, 0.2) is 23.3 Å². The van der Waals surface area contributed by atoms with E-state index in [9.17, 15) is 4.79 Å². The number of rotatable bonds is 5. The summed E-state index contributed by atoms with van der Waals surface area (Å²) >= 11 is 0. The SMILES string of the molecule is COc1ccc(/C(C)=N\NC(=O)C23CC4CC(CC(C4)C2)C3)cc1OC. The molecule has 0 aromatic heterocycles. The number of hydrazone groups is 1. The van der Waals surface area contributed by atoms with Crippen LogP contribution in [0, 0.1) is 23.2 Å². The third kappa shape index (κ3) is 2.97. The Kier molecular flexibility index (Phi) is 4.41. The number of ether oxygens (including phenoxy) is 2. The second-order valence-electron chi connectivity index (χ2n) is 8.41. The monoisotopic (exact) mass is 356 g/mol. The van der Waals surface area contributed by atoms with E-state index in [1.807, 2.05) is 25.1 Å². The molecule has 0 radical (unpaired) electrons. The third-order valence-corrected chi connectivity index (χ3v) is 6.65. The minimum atomic E-state index is -0.171. The molecule has 5 heteroatoms. The van der Waals surface area contributed by atoms with Crippen molar-refractivity contribution >= 4 is 11.6 Å². The highest BCUT2D eigenvalue weighted by Gasteiger charge is 2.54. The van der Waals surface area contributed by atoms with Gasteiger partial charge in [0.25, 0.3) is 0 Å². The summed E-state index contributed by atoms with van der Waals surface area (Å²) in [4.78, 5) is 13.0. The van der Waals surface area contributed by atoms with Gasteiger partial charge in [-0.3, -0.25) is 4.79 Å². The second kappa shape index (κ2) is 6.60. The lowest BCUT2D eigenvalue weighted by molar-refractivity contribution is -0.146. The number of hydrogen-bond donors (Lipinski definition) is 1. The number of amides is 1. The first-order chi connectivity index (χ1) is 12.5. The summed E-state index contributed by atoms with van der Waals surface area (Å²) in [5, 5.41) is 4.40. The molecule has 1 aromatic rings. The Morgan fingerprint density at radius 2 is 1.62 bits per heavy atom. The zero-order valence-corrected chi connectivity index (χ0v) is 15.9. The molecule has 0 atom stereocenters. The Bertz CT molecular complexity index is 705. The van der Waals surface area contributed by atoms with Gasteiger partial charge in [0, 0.05) is 5.56 Å². The fourth-order valence-corrected chi connectivity index (χ4v) is 5.77. The van der Waals surface area contributed by atoms with Crippen molar-refractivity contribution in [2.75, 3.05) is 14.2 Å². The Hall–Kier alpha value is -2.04. The predicted molar refractivity (Wildman–Crippen MR) is 101 cm³/mol. The predicted octanol–water partition coefficient (Wildman–Crippen LogP) is 3.76. The minimum absolute atomic E-state index is 0.122. The number of nitrogens with zero attached hydrogens (tertiary/aromatic N) is 1. The quantitative estimate of drug-likeness (QED) is 0.645. The van der Waals surface area contributed by atoms with Gasteiger partial charge in [-0.25, -0.2) is 5.43 Å². The molecule has 0 heterocycles. The first-order valence-electron chi connectivity index (χ1n) is 9.60. The molecule has 4 bridgehead atoms. The summed E-state index contributed by atoms with van der Waals surface area (Å²) in [5.74, 6) is 3.72. The van der Waals surface area contributed by atoms with Crippen LogP contribution in [0.1, 0.15) is 51.0 Å². The van der Waals surface area contributed by atoms with Crippen LogP contribution in [0.5, 0.6) is 11.5 Å². The van der Waals surface area contributed by atoms with Crippen LogP contribution < -0.4 is 14.9 Å². The highest BCUT2D eigenvalue weighted by Crippen LogP contribution is 2.60. The van der Waals surface area contributed by atoms with Crippen molar-refractivity contribution in [1.29, 1.82) is 0 Å². The van der Waals surface area contributed by atoms with E-state index in [1.165, 1.54) is 19.3 Å². The van der Waals surface area contributed by atoms with Crippen molar-refractivity contribution in [3.05, 3.63) is 23.8 Å². The zero-order chi connectivity index (χ0) is 18.3. The van der Waals surface area contributed by atoms with E-state index >= 15 is 0 Å². The summed E-state index contributed by atoms with van der Waals surface area (Å²) in [6.07, 6.45) is 7.16. The van der Waals surface area contributed by atoms with E-state index in [4.69, 9.17) is 9.47 Å². The molecule has 1 N–H and O–H groups in total. The maximum atomic E-state index is 13.0.